The Morgan fingerprint density at radius 2 is 1.72 bits per heavy atom. The van der Waals surface area contributed by atoms with Gasteiger partial charge in [-0.1, -0.05) is 18.9 Å². The number of halogens is 1. The van der Waals surface area contributed by atoms with E-state index >= 15 is 0 Å². The van der Waals surface area contributed by atoms with Gasteiger partial charge in [0.15, 0.2) is 0 Å². The van der Waals surface area contributed by atoms with Crippen molar-refractivity contribution in [1.82, 2.24) is 14.9 Å². The van der Waals surface area contributed by atoms with Crippen molar-refractivity contribution < 1.29 is 25.6 Å². The summed E-state index contributed by atoms with van der Waals surface area (Å²) in [7, 11) is -7.69. The maximum absolute atomic E-state index is 13.0. The van der Waals surface area contributed by atoms with Gasteiger partial charge < -0.3 is 4.42 Å². The summed E-state index contributed by atoms with van der Waals surface area (Å²) in [5.74, 6) is -0.665. The highest BCUT2D eigenvalue weighted by Crippen LogP contribution is 2.24. The molecule has 25 heavy (non-hydrogen) atoms. The molecule has 1 aromatic carbocycles. The van der Waals surface area contributed by atoms with Crippen molar-refractivity contribution in [2.24, 2.45) is 5.92 Å². The maximum Gasteiger partial charge on any atom is 0.335 e. The molecule has 0 fully saturated rings. The second-order valence-corrected chi connectivity index (χ2v) is 9.54. The first-order valence-electron chi connectivity index (χ1n) is 7.30. The van der Waals surface area contributed by atoms with E-state index in [1.807, 2.05) is 13.8 Å². The number of hydrogen-bond acceptors (Lipinski definition) is 7. The standard InChI is InChI=1S/C14H18FN3O5S2/c1-9(2)8-12(13-16-17-14(23-13)24(3,19)20)18-25(21,22)11-6-4-10(15)5-7-11/h4-7,9,12,18H,8H2,1-3H3/t12-/m0/s1. The lowest BCUT2D eigenvalue weighted by Crippen LogP contribution is -2.30. The number of sulfone groups is 1. The highest BCUT2D eigenvalue weighted by atomic mass is 32.2. The molecule has 11 heteroatoms. The maximum atomic E-state index is 13.0. The summed E-state index contributed by atoms with van der Waals surface area (Å²) in [5, 5.41) is 6.50. The molecule has 0 saturated heterocycles. The molecule has 1 N–H and O–H groups in total. The molecule has 0 aliphatic heterocycles. The van der Waals surface area contributed by atoms with Crippen molar-refractivity contribution in [2.45, 2.75) is 36.4 Å². The van der Waals surface area contributed by atoms with E-state index < -0.39 is 36.9 Å². The number of benzene rings is 1. The molecular weight excluding hydrogens is 373 g/mol. The van der Waals surface area contributed by atoms with Crippen LogP contribution in [0.15, 0.2) is 38.8 Å². The van der Waals surface area contributed by atoms with Gasteiger partial charge in [-0.15, -0.1) is 5.10 Å². The van der Waals surface area contributed by atoms with Crippen LogP contribution in [0.5, 0.6) is 0 Å². The van der Waals surface area contributed by atoms with Crippen LogP contribution in [0.3, 0.4) is 0 Å². The number of hydrogen-bond donors (Lipinski definition) is 1. The second-order valence-electron chi connectivity index (χ2n) is 5.94. The third-order valence-electron chi connectivity index (χ3n) is 3.17. The first kappa shape index (κ1) is 19.5. The number of nitrogens with zero attached hydrogens (tertiary/aromatic N) is 2. The largest absolute Gasteiger partial charge is 0.411 e. The quantitative estimate of drug-likeness (QED) is 0.762. The third kappa shape index (κ3) is 5.06. The van der Waals surface area contributed by atoms with Gasteiger partial charge in [-0.05, 0) is 36.6 Å². The van der Waals surface area contributed by atoms with Crippen LogP contribution in [0.4, 0.5) is 4.39 Å². The van der Waals surface area contributed by atoms with Gasteiger partial charge >= 0.3 is 5.22 Å². The van der Waals surface area contributed by atoms with Crippen LogP contribution < -0.4 is 4.72 Å². The lowest BCUT2D eigenvalue weighted by atomic mass is 10.0. The summed E-state index contributed by atoms with van der Waals surface area (Å²) in [4.78, 5) is -0.134. The molecule has 1 aromatic heterocycles. The first-order valence-corrected chi connectivity index (χ1v) is 10.7. The van der Waals surface area contributed by atoms with Crippen LogP contribution >= 0.6 is 0 Å². The lowest BCUT2D eigenvalue weighted by molar-refractivity contribution is 0.340. The summed E-state index contributed by atoms with van der Waals surface area (Å²) in [6.45, 7) is 3.71. The summed E-state index contributed by atoms with van der Waals surface area (Å²) in [6, 6.07) is 3.39. The number of nitrogens with one attached hydrogen (secondary N) is 1. The van der Waals surface area contributed by atoms with Gasteiger partial charge in [0, 0.05) is 6.26 Å². The Bertz CT molecular complexity index is 937. The minimum absolute atomic E-state index is 0.0505. The minimum Gasteiger partial charge on any atom is -0.411 e. The van der Waals surface area contributed by atoms with Crippen LogP contribution in [0.2, 0.25) is 0 Å². The van der Waals surface area contributed by atoms with Crippen molar-refractivity contribution in [3.8, 4) is 0 Å². The van der Waals surface area contributed by atoms with E-state index in [2.05, 4.69) is 14.9 Å². The SMILES string of the molecule is CC(C)C[C@H](NS(=O)(=O)c1ccc(F)cc1)c1nnc(S(C)(=O)=O)o1. The molecule has 0 unspecified atom stereocenters. The van der Waals surface area contributed by atoms with E-state index in [1.165, 1.54) is 0 Å². The molecule has 0 amide bonds. The molecule has 0 saturated carbocycles. The molecule has 0 aliphatic rings. The van der Waals surface area contributed by atoms with E-state index in [-0.39, 0.29) is 16.7 Å². The molecule has 2 aromatic rings. The summed E-state index contributed by atoms with van der Waals surface area (Å²) in [6.07, 6.45) is 1.20. The minimum atomic E-state index is -3.99. The van der Waals surface area contributed by atoms with E-state index in [1.54, 1.807) is 0 Å². The van der Waals surface area contributed by atoms with Crippen LogP contribution in [0.1, 0.15) is 32.2 Å². The Morgan fingerprint density at radius 3 is 2.20 bits per heavy atom. The molecule has 138 valence electrons. The highest BCUT2D eigenvalue weighted by molar-refractivity contribution is 7.90. The van der Waals surface area contributed by atoms with Crippen LogP contribution in [-0.2, 0) is 19.9 Å². The summed E-state index contributed by atoms with van der Waals surface area (Å²) in [5.41, 5.74) is 0. The molecule has 0 bridgehead atoms. The zero-order valence-electron chi connectivity index (χ0n) is 13.8. The molecular formula is C14H18FN3O5S2. The average Bonchev–Trinajstić information content (AvgIpc) is 2.96. The fraction of sp³-hybridized carbons (Fsp3) is 0.429. The Morgan fingerprint density at radius 1 is 1.12 bits per heavy atom. The predicted molar refractivity (Wildman–Crippen MR) is 86.3 cm³/mol. The van der Waals surface area contributed by atoms with Gasteiger partial charge in [0.25, 0.3) is 0 Å². The zero-order chi connectivity index (χ0) is 18.8. The third-order valence-corrected chi connectivity index (χ3v) is 5.45. The molecule has 0 spiro atoms. The molecule has 8 nitrogen and oxygen atoms in total. The van der Waals surface area contributed by atoms with Crippen LogP contribution in [-0.4, -0.2) is 33.3 Å². The Kier molecular flexibility index (Phi) is 5.59. The average molecular weight is 391 g/mol. The van der Waals surface area contributed by atoms with Crippen molar-refractivity contribution >= 4 is 19.9 Å². The highest BCUT2D eigenvalue weighted by Gasteiger charge is 2.28. The van der Waals surface area contributed by atoms with E-state index in [4.69, 9.17) is 4.42 Å². The van der Waals surface area contributed by atoms with E-state index in [0.717, 1.165) is 30.5 Å². The zero-order valence-corrected chi connectivity index (χ0v) is 15.4. The van der Waals surface area contributed by atoms with Gasteiger partial charge in [0.1, 0.15) is 11.9 Å². The molecule has 0 aliphatic carbocycles. The number of aromatic nitrogens is 2. The van der Waals surface area contributed by atoms with Crippen molar-refractivity contribution in [1.29, 1.82) is 0 Å². The fourth-order valence-electron chi connectivity index (χ4n) is 2.05. The van der Waals surface area contributed by atoms with Gasteiger partial charge in [-0.2, -0.15) is 4.72 Å². The number of sulfonamides is 1. The monoisotopic (exact) mass is 391 g/mol. The molecule has 0 radical (unpaired) electrons. The second kappa shape index (κ2) is 7.18. The van der Waals surface area contributed by atoms with E-state index in [0.29, 0.717) is 6.42 Å². The smallest absolute Gasteiger partial charge is 0.335 e. The van der Waals surface area contributed by atoms with Crippen LogP contribution in [0.25, 0.3) is 0 Å². The Hall–Kier alpha value is -1.85. The topological polar surface area (TPSA) is 119 Å². The van der Waals surface area contributed by atoms with Crippen molar-refractivity contribution in [3.05, 3.63) is 36.0 Å². The van der Waals surface area contributed by atoms with E-state index in [9.17, 15) is 21.2 Å². The van der Waals surface area contributed by atoms with Crippen molar-refractivity contribution in [2.75, 3.05) is 6.26 Å². The van der Waals surface area contributed by atoms with Gasteiger partial charge in [-0.3, -0.25) is 0 Å². The van der Waals surface area contributed by atoms with Crippen molar-refractivity contribution in [3.63, 3.8) is 0 Å². The Labute approximate surface area is 145 Å². The summed E-state index contributed by atoms with van der Waals surface area (Å²) < 4.78 is 68.4. The number of rotatable bonds is 7. The predicted octanol–water partition coefficient (Wildman–Crippen LogP) is 1.68. The fourth-order valence-corrected chi connectivity index (χ4v) is 3.68. The van der Waals surface area contributed by atoms with Gasteiger partial charge in [0.05, 0.1) is 4.90 Å². The first-order chi connectivity index (χ1) is 11.5. The van der Waals surface area contributed by atoms with Gasteiger partial charge in [0.2, 0.25) is 25.8 Å². The molecule has 2 rings (SSSR count). The molecule has 1 heterocycles. The Balaban J connectivity index is 2.34. The molecule has 1 atom stereocenters. The summed E-state index contributed by atoms with van der Waals surface area (Å²) >= 11 is 0. The van der Waals surface area contributed by atoms with Crippen LogP contribution in [0, 0.1) is 11.7 Å². The lowest BCUT2D eigenvalue weighted by Gasteiger charge is -2.17. The normalized spacial score (nSPS) is 14.0. The van der Waals surface area contributed by atoms with Gasteiger partial charge in [-0.25, -0.2) is 21.2 Å².